The highest BCUT2D eigenvalue weighted by Gasteiger charge is 2.49. The second-order valence-electron chi connectivity index (χ2n) is 5.77. The average molecular weight is 364 g/mol. The lowest BCUT2D eigenvalue weighted by Crippen LogP contribution is -2.62. The third-order valence-corrected chi connectivity index (χ3v) is 7.28. The van der Waals surface area contributed by atoms with Crippen molar-refractivity contribution < 1.29 is 23.2 Å². The van der Waals surface area contributed by atoms with Crippen molar-refractivity contribution in [1.29, 1.82) is 0 Å². The summed E-state index contributed by atoms with van der Waals surface area (Å²) in [6.07, 6.45) is 3.82. The zero-order valence-corrected chi connectivity index (χ0v) is 17.1. The van der Waals surface area contributed by atoms with Crippen LogP contribution in [0.5, 0.6) is 0 Å². The maximum absolute atomic E-state index is 12.3. The molecule has 0 radical (unpaired) electrons. The monoisotopic (exact) mass is 363 g/mol. The number of aliphatic hydroxyl groups excluding tert-OH is 1. The lowest BCUT2D eigenvalue weighted by molar-refractivity contribution is -0.122. The van der Waals surface area contributed by atoms with Crippen LogP contribution in [0.1, 0.15) is 73.1 Å². The zero-order chi connectivity index (χ0) is 18.4. The van der Waals surface area contributed by atoms with E-state index in [2.05, 4.69) is 12.2 Å². The first-order valence-corrected chi connectivity index (χ1v) is 11.2. The Morgan fingerprint density at radius 3 is 1.96 bits per heavy atom. The molecule has 0 aliphatic rings. The molecule has 0 bridgehead atoms. The van der Waals surface area contributed by atoms with Crippen LogP contribution < -0.4 is 5.32 Å². The van der Waals surface area contributed by atoms with E-state index in [9.17, 15) is 9.90 Å². The molecule has 2 N–H and O–H groups in total. The van der Waals surface area contributed by atoms with Crippen LogP contribution in [0.25, 0.3) is 0 Å². The Hall–Kier alpha value is -0.473. The molecular weight excluding hydrogens is 326 g/mol. The van der Waals surface area contributed by atoms with Gasteiger partial charge in [0.15, 0.2) is 0 Å². The fourth-order valence-electron chi connectivity index (χ4n) is 2.62. The molecule has 24 heavy (non-hydrogen) atoms. The fraction of sp³-hybridized carbons (Fsp3) is 0.941. The average Bonchev–Trinajstić information content (AvgIpc) is 2.56. The van der Waals surface area contributed by atoms with E-state index in [1.54, 1.807) is 0 Å². The van der Waals surface area contributed by atoms with Crippen molar-refractivity contribution in [2.24, 2.45) is 0 Å². The van der Waals surface area contributed by atoms with E-state index in [-0.39, 0.29) is 11.6 Å². The number of rotatable bonds is 15. The third-order valence-electron chi connectivity index (χ3n) is 3.80. The maximum Gasteiger partial charge on any atom is 0.524 e. The second kappa shape index (κ2) is 13.8. The highest BCUT2D eigenvalue weighted by atomic mass is 28.4. The Morgan fingerprint density at radius 1 is 1.00 bits per heavy atom. The molecule has 0 spiro atoms. The van der Waals surface area contributed by atoms with E-state index in [1.165, 1.54) is 0 Å². The summed E-state index contributed by atoms with van der Waals surface area (Å²) in [5, 5.41) is 12.9. The minimum absolute atomic E-state index is 0.0895. The van der Waals surface area contributed by atoms with Gasteiger partial charge in [0.1, 0.15) is 0 Å². The number of unbranched alkanes of at least 4 members (excludes halogenated alkanes) is 1. The van der Waals surface area contributed by atoms with Crippen LogP contribution in [0, 0.1) is 0 Å². The molecule has 2 unspecified atom stereocenters. The van der Waals surface area contributed by atoms with Gasteiger partial charge in [0, 0.05) is 26.2 Å². The predicted molar refractivity (Wildman–Crippen MR) is 97.6 cm³/mol. The molecule has 0 saturated heterocycles. The van der Waals surface area contributed by atoms with Crippen molar-refractivity contribution in [3.8, 4) is 0 Å². The number of carbonyl (C=O) groups is 1. The van der Waals surface area contributed by atoms with E-state index in [4.69, 9.17) is 13.3 Å². The number of aliphatic hydroxyl groups is 1. The molecule has 6 nitrogen and oxygen atoms in total. The summed E-state index contributed by atoms with van der Waals surface area (Å²) in [5.74, 6) is -0.0895. The van der Waals surface area contributed by atoms with E-state index in [1.807, 2.05) is 27.7 Å². The zero-order valence-electron chi connectivity index (χ0n) is 16.1. The molecule has 0 heterocycles. The molecule has 0 saturated carbocycles. The van der Waals surface area contributed by atoms with Crippen LogP contribution in [0.2, 0.25) is 0 Å². The van der Waals surface area contributed by atoms with Gasteiger partial charge in [0.05, 0.1) is 11.8 Å². The first-order chi connectivity index (χ1) is 11.5. The van der Waals surface area contributed by atoms with Crippen LogP contribution in [0.4, 0.5) is 0 Å². The smallest absolute Gasteiger partial charge is 0.393 e. The van der Waals surface area contributed by atoms with Crippen molar-refractivity contribution in [2.45, 2.75) is 84.9 Å². The van der Waals surface area contributed by atoms with Crippen LogP contribution in [-0.4, -0.2) is 51.4 Å². The fourth-order valence-corrected chi connectivity index (χ4v) is 5.52. The molecule has 0 aromatic carbocycles. The summed E-state index contributed by atoms with van der Waals surface area (Å²) in [7, 11) is -2.96. The number of amides is 1. The van der Waals surface area contributed by atoms with Gasteiger partial charge in [-0.1, -0.05) is 26.7 Å². The summed E-state index contributed by atoms with van der Waals surface area (Å²) in [6, 6.07) is 0. The standard InChI is InChI=1S/C17H37NO5Si/c1-6-11-12-15(19)13-14-16(20)18-17(7-2)24(21-8-3,22-9-4)23-10-5/h15,17,19H,6-14H2,1-5H3,(H,18,20). The number of hydrogen-bond donors (Lipinski definition) is 2. The quantitative estimate of drug-likeness (QED) is 0.438. The van der Waals surface area contributed by atoms with Crippen molar-refractivity contribution in [2.75, 3.05) is 19.8 Å². The third kappa shape index (κ3) is 8.57. The molecular formula is C17H37NO5Si. The van der Waals surface area contributed by atoms with Crippen molar-refractivity contribution in [3.63, 3.8) is 0 Å². The highest BCUT2D eigenvalue weighted by molar-refractivity contribution is 6.62. The van der Waals surface area contributed by atoms with Gasteiger partial charge in [0.25, 0.3) is 0 Å². The molecule has 0 fully saturated rings. The summed E-state index contributed by atoms with van der Waals surface area (Å²) in [6.45, 7) is 11.2. The lowest BCUT2D eigenvalue weighted by Gasteiger charge is -2.35. The van der Waals surface area contributed by atoms with E-state index in [0.29, 0.717) is 39.1 Å². The Kier molecular flexibility index (Phi) is 13.5. The van der Waals surface area contributed by atoms with Gasteiger partial charge in [-0.15, -0.1) is 0 Å². The molecule has 0 aliphatic heterocycles. The number of hydrogen-bond acceptors (Lipinski definition) is 5. The molecule has 7 heteroatoms. The Balaban J connectivity index is 4.73. The summed E-state index contributed by atoms with van der Waals surface area (Å²) < 4.78 is 17.6. The molecule has 0 rings (SSSR count). The first kappa shape index (κ1) is 23.5. The minimum Gasteiger partial charge on any atom is -0.393 e. The Morgan fingerprint density at radius 2 is 1.54 bits per heavy atom. The van der Waals surface area contributed by atoms with Gasteiger partial charge in [0.2, 0.25) is 5.91 Å². The Labute approximate surface area is 148 Å². The molecule has 144 valence electrons. The summed E-state index contributed by atoms with van der Waals surface area (Å²) >= 11 is 0. The van der Waals surface area contributed by atoms with Crippen LogP contribution in [-0.2, 0) is 18.1 Å². The van der Waals surface area contributed by atoms with Gasteiger partial charge in [-0.25, -0.2) is 0 Å². The van der Waals surface area contributed by atoms with Crippen molar-refractivity contribution in [1.82, 2.24) is 5.32 Å². The van der Waals surface area contributed by atoms with E-state index in [0.717, 1.165) is 19.3 Å². The normalized spacial score (nSPS) is 14.4. The van der Waals surface area contributed by atoms with Gasteiger partial charge < -0.3 is 23.7 Å². The van der Waals surface area contributed by atoms with Crippen LogP contribution in [0.15, 0.2) is 0 Å². The SMILES string of the molecule is CCCCC(O)CCC(=O)NC(CC)[Si](OCC)(OCC)OCC. The molecule has 0 aromatic heterocycles. The first-order valence-electron chi connectivity index (χ1n) is 9.38. The lowest BCUT2D eigenvalue weighted by atomic mass is 10.1. The van der Waals surface area contributed by atoms with Gasteiger partial charge in [-0.2, -0.15) is 0 Å². The highest BCUT2D eigenvalue weighted by Crippen LogP contribution is 2.18. The van der Waals surface area contributed by atoms with Gasteiger partial charge >= 0.3 is 8.80 Å². The topological polar surface area (TPSA) is 77.0 Å². The predicted octanol–water partition coefficient (Wildman–Crippen LogP) is 2.80. The number of nitrogens with one attached hydrogen (secondary N) is 1. The molecule has 0 aromatic rings. The summed E-state index contributed by atoms with van der Waals surface area (Å²) in [4.78, 5) is 12.3. The van der Waals surface area contributed by atoms with Crippen LogP contribution in [0.3, 0.4) is 0 Å². The van der Waals surface area contributed by atoms with Crippen molar-refractivity contribution in [3.05, 3.63) is 0 Å². The van der Waals surface area contributed by atoms with Gasteiger partial charge in [-0.3, -0.25) is 4.79 Å². The number of carbonyl (C=O) groups excluding carboxylic acids is 1. The van der Waals surface area contributed by atoms with E-state index >= 15 is 0 Å². The molecule has 0 aliphatic carbocycles. The minimum atomic E-state index is -2.96. The maximum atomic E-state index is 12.3. The van der Waals surface area contributed by atoms with E-state index < -0.39 is 14.9 Å². The van der Waals surface area contributed by atoms with Crippen molar-refractivity contribution >= 4 is 14.7 Å². The molecule has 2 atom stereocenters. The molecule has 1 amide bonds. The van der Waals surface area contributed by atoms with Gasteiger partial charge in [-0.05, 0) is 40.0 Å². The summed E-state index contributed by atoms with van der Waals surface area (Å²) in [5.41, 5.74) is -0.266. The van der Waals surface area contributed by atoms with Crippen LogP contribution >= 0.6 is 0 Å². The Bertz CT molecular complexity index is 313. The second-order valence-corrected chi connectivity index (χ2v) is 8.54. The largest absolute Gasteiger partial charge is 0.524 e.